The average Bonchev–Trinajstić information content (AvgIpc) is 3.19. The minimum atomic E-state index is -1.03. The van der Waals surface area contributed by atoms with Crippen LogP contribution in [0.2, 0.25) is 0 Å². The first-order valence-electron chi connectivity index (χ1n) is 12.4. The molecule has 1 saturated carbocycles. The van der Waals surface area contributed by atoms with Gasteiger partial charge in [-0.2, -0.15) is 0 Å². The molecule has 6 nitrogen and oxygen atoms in total. The molecule has 4 atom stereocenters. The minimum Gasteiger partial charge on any atom is -0.351 e. The highest BCUT2D eigenvalue weighted by atomic mass is 16.2. The molecule has 1 aromatic heterocycles. The number of amides is 2. The lowest BCUT2D eigenvalue weighted by Gasteiger charge is -2.45. The number of nitrogens with one attached hydrogen (secondary N) is 1. The largest absolute Gasteiger partial charge is 0.351 e. The Balaban J connectivity index is 1.54. The Morgan fingerprint density at radius 3 is 2.62 bits per heavy atom. The van der Waals surface area contributed by atoms with Crippen molar-refractivity contribution in [3.8, 4) is 0 Å². The first-order valence-corrected chi connectivity index (χ1v) is 12.4. The summed E-state index contributed by atoms with van der Waals surface area (Å²) in [6, 6.07) is 16.0. The van der Waals surface area contributed by atoms with Crippen LogP contribution < -0.4 is 5.32 Å². The van der Waals surface area contributed by atoms with Crippen molar-refractivity contribution in [2.45, 2.75) is 71.6 Å². The quantitative estimate of drug-likeness (QED) is 0.616. The lowest BCUT2D eigenvalue weighted by atomic mass is 9.77. The van der Waals surface area contributed by atoms with E-state index in [9.17, 15) is 9.59 Å². The van der Waals surface area contributed by atoms with Gasteiger partial charge < -0.3 is 14.8 Å². The third-order valence-electron chi connectivity index (χ3n) is 8.13. The van der Waals surface area contributed by atoms with E-state index >= 15 is 0 Å². The molecule has 1 aliphatic heterocycles. The van der Waals surface area contributed by atoms with E-state index in [4.69, 9.17) is 0 Å². The van der Waals surface area contributed by atoms with Crippen LogP contribution in [0.25, 0.3) is 11.0 Å². The van der Waals surface area contributed by atoms with Crippen molar-refractivity contribution in [2.24, 2.45) is 11.8 Å². The highest BCUT2D eigenvalue weighted by Crippen LogP contribution is 2.34. The summed E-state index contributed by atoms with van der Waals surface area (Å²) >= 11 is 0. The maximum absolute atomic E-state index is 14.0. The molecule has 0 radical (unpaired) electrons. The number of hydrogen-bond acceptors (Lipinski definition) is 3. The molecule has 1 fully saturated rings. The van der Waals surface area contributed by atoms with Crippen molar-refractivity contribution in [1.82, 2.24) is 19.8 Å². The molecule has 3 aromatic rings. The van der Waals surface area contributed by atoms with Crippen LogP contribution in [0.3, 0.4) is 0 Å². The number of nitrogens with zero attached hydrogens (tertiary/aromatic N) is 3. The van der Waals surface area contributed by atoms with Gasteiger partial charge in [0.15, 0.2) is 5.82 Å². The predicted molar refractivity (Wildman–Crippen MR) is 133 cm³/mol. The zero-order chi connectivity index (χ0) is 24.0. The molecule has 0 saturated heterocycles. The number of carbonyl (C=O) groups excluding carboxylic acids is 2. The van der Waals surface area contributed by atoms with Crippen LogP contribution in [0.5, 0.6) is 0 Å². The van der Waals surface area contributed by atoms with Gasteiger partial charge in [-0.15, -0.1) is 0 Å². The van der Waals surface area contributed by atoms with E-state index in [1.165, 1.54) is 6.42 Å². The first-order chi connectivity index (χ1) is 16.3. The smallest absolute Gasteiger partial charge is 0.291 e. The molecule has 1 N–H and O–H groups in total. The molecular weight excluding hydrogens is 424 g/mol. The van der Waals surface area contributed by atoms with Crippen molar-refractivity contribution in [3.05, 3.63) is 65.5 Å². The molecule has 1 aliphatic carbocycles. The summed E-state index contributed by atoms with van der Waals surface area (Å²) in [6.45, 7) is 9.19. The third-order valence-corrected chi connectivity index (χ3v) is 8.13. The van der Waals surface area contributed by atoms with Gasteiger partial charge in [0.25, 0.3) is 5.91 Å². The molecule has 0 bridgehead atoms. The molecule has 0 spiro atoms. The minimum absolute atomic E-state index is 0.0812. The monoisotopic (exact) mass is 458 g/mol. The maximum atomic E-state index is 14.0. The van der Waals surface area contributed by atoms with Gasteiger partial charge in [0, 0.05) is 12.6 Å². The standard InChI is InChI=1S/C28H34N4O2/c1-18-12-14-21(15-13-18)16-32-26(33)25-29-23-9-5-6-11-24(23)31(25)17-28(32,4)27(34)30-22-10-7-8-19(2)20(22)3/h5-6,9,11-15,19-20,22H,7-8,10,16-17H2,1-4H3,(H,30,34). The highest BCUT2D eigenvalue weighted by molar-refractivity contribution is 6.01. The summed E-state index contributed by atoms with van der Waals surface area (Å²) in [5.41, 5.74) is 2.80. The molecule has 4 unspecified atom stereocenters. The van der Waals surface area contributed by atoms with Crippen LogP contribution >= 0.6 is 0 Å². The third kappa shape index (κ3) is 3.79. The zero-order valence-electron chi connectivity index (χ0n) is 20.5. The molecule has 178 valence electrons. The molecule has 34 heavy (non-hydrogen) atoms. The van der Waals surface area contributed by atoms with E-state index in [2.05, 4.69) is 24.1 Å². The second kappa shape index (κ2) is 8.57. The SMILES string of the molecule is Cc1ccc(CN2C(=O)c3nc4ccccc4n3CC2(C)C(=O)NC2CCCC(C)C2C)cc1. The Morgan fingerprint density at radius 2 is 1.85 bits per heavy atom. The van der Waals surface area contributed by atoms with Crippen molar-refractivity contribution in [1.29, 1.82) is 0 Å². The summed E-state index contributed by atoms with van der Waals surface area (Å²) in [6.07, 6.45) is 3.31. The van der Waals surface area contributed by atoms with Gasteiger partial charge in [-0.25, -0.2) is 4.98 Å². The molecule has 2 aliphatic rings. The first kappa shape index (κ1) is 22.6. The molecule has 2 amide bonds. The van der Waals surface area contributed by atoms with Crippen molar-refractivity contribution >= 4 is 22.8 Å². The average molecular weight is 459 g/mol. The van der Waals surface area contributed by atoms with E-state index < -0.39 is 5.54 Å². The van der Waals surface area contributed by atoms with Gasteiger partial charge in [-0.05, 0) is 49.8 Å². The van der Waals surface area contributed by atoms with Crippen LogP contribution in [0.4, 0.5) is 0 Å². The lowest BCUT2D eigenvalue weighted by Crippen LogP contribution is -2.65. The summed E-state index contributed by atoms with van der Waals surface area (Å²) in [5, 5.41) is 3.36. The number of para-hydroxylation sites is 2. The van der Waals surface area contributed by atoms with Crippen LogP contribution in [-0.2, 0) is 17.9 Å². The fourth-order valence-electron chi connectivity index (χ4n) is 5.56. The number of carbonyl (C=O) groups is 2. The number of aryl methyl sites for hydroxylation is 1. The van der Waals surface area contributed by atoms with Crippen LogP contribution in [0, 0.1) is 18.8 Å². The molecule has 5 rings (SSSR count). The van der Waals surface area contributed by atoms with E-state index in [-0.39, 0.29) is 17.9 Å². The number of hydrogen-bond donors (Lipinski definition) is 1. The van der Waals surface area contributed by atoms with Crippen LogP contribution in [0.15, 0.2) is 48.5 Å². The number of rotatable bonds is 4. The molecule has 6 heteroatoms. The van der Waals surface area contributed by atoms with Crippen molar-refractivity contribution in [2.75, 3.05) is 0 Å². The Labute approximate surface area is 201 Å². The van der Waals surface area contributed by atoms with Gasteiger partial charge in [-0.1, -0.05) is 68.7 Å². The van der Waals surface area contributed by atoms with Crippen molar-refractivity contribution < 1.29 is 9.59 Å². The zero-order valence-corrected chi connectivity index (χ0v) is 20.5. The highest BCUT2D eigenvalue weighted by Gasteiger charge is 2.49. The van der Waals surface area contributed by atoms with Gasteiger partial charge in [0.1, 0.15) is 5.54 Å². The van der Waals surface area contributed by atoms with E-state index in [0.29, 0.717) is 30.7 Å². The summed E-state index contributed by atoms with van der Waals surface area (Å²) in [5.74, 6) is 1.11. The maximum Gasteiger partial charge on any atom is 0.291 e. The fraction of sp³-hybridized carbons (Fsp3) is 0.464. The summed E-state index contributed by atoms with van der Waals surface area (Å²) in [4.78, 5) is 34.2. The van der Waals surface area contributed by atoms with E-state index in [0.717, 1.165) is 35.0 Å². The molecule has 2 heterocycles. The van der Waals surface area contributed by atoms with E-state index in [1.54, 1.807) is 4.90 Å². The second-order valence-electron chi connectivity index (χ2n) is 10.5. The van der Waals surface area contributed by atoms with Gasteiger partial charge >= 0.3 is 0 Å². The Kier molecular flexibility index (Phi) is 5.70. The predicted octanol–water partition coefficient (Wildman–Crippen LogP) is 4.70. The number of imidazole rings is 1. The van der Waals surface area contributed by atoms with E-state index in [1.807, 2.05) is 66.9 Å². The number of benzene rings is 2. The number of aromatic nitrogens is 2. The van der Waals surface area contributed by atoms with Crippen LogP contribution in [0.1, 0.15) is 61.8 Å². The Hall–Kier alpha value is -3.15. The molecule has 2 aromatic carbocycles. The Bertz CT molecular complexity index is 1230. The normalized spacial score (nSPS) is 27.0. The van der Waals surface area contributed by atoms with Gasteiger partial charge in [0.2, 0.25) is 5.91 Å². The topological polar surface area (TPSA) is 67.2 Å². The molecular formula is C28H34N4O2. The van der Waals surface area contributed by atoms with Gasteiger partial charge in [0.05, 0.1) is 17.6 Å². The second-order valence-corrected chi connectivity index (χ2v) is 10.5. The Morgan fingerprint density at radius 1 is 1.12 bits per heavy atom. The summed E-state index contributed by atoms with van der Waals surface area (Å²) in [7, 11) is 0. The van der Waals surface area contributed by atoms with Gasteiger partial charge in [-0.3, -0.25) is 9.59 Å². The number of fused-ring (bicyclic) bond motifs is 3. The van der Waals surface area contributed by atoms with Crippen LogP contribution in [-0.4, -0.2) is 37.8 Å². The van der Waals surface area contributed by atoms with Crippen molar-refractivity contribution in [3.63, 3.8) is 0 Å². The lowest BCUT2D eigenvalue weighted by molar-refractivity contribution is -0.134. The fourth-order valence-corrected chi connectivity index (χ4v) is 5.56. The summed E-state index contributed by atoms with van der Waals surface area (Å²) < 4.78 is 1.93.